The van der Waals surface area contributed by atoms with Crippen molar-refractivity contribution in [3.63, 3.8) is 0 Å². The summed E-state index contributed by atoms with van der Waals surface area (Å²) >= 11 is 13.6. The van der Waals surface area contributed by atoms with Crippen LogP contribution in [0.15, 0.2) is 66.7 Å². The van der Waals surface area contributed by atoms with Crippen molar-refractivity contribution in [2.24, 2.45) is 0 Å². The SMILES string of the molecule is O=C(/C=C/c1ccc(Cc2ccccc2)s1)c1ccc(Cl)cc1Cl. The zero-order valence-corrected chi connectivity index (χ0v) is 15.0. The number of rotatable bonds is 5. The molecule has 24 heavy (non-hydrogen) atoms. The molecule has 0 amide bonds. The van der Waals surface area contributed by atoms with Gasteiger partial charge in [-0.3, -0.25) is 4.79 Å². The molecule has 3 rings (SSSR count). The lowest BCUT2D eigenvalue weighted by Crippen LogP contribution is -1.94. The number of benzene rings is 2. The Balaban J connectivity index is 1.70. The molecule has 0 N–H and O–H groups in total. The minimum atomic E-state index is -0.130. The molecule has 0 fully saturated rings. The summed E-state index contributed by atoms with van der Waals surface area (Å²) in [5.41, 5.74) is 1.73. The summed E-state index contributed by atoms with van der Waals surface area (Å²) in [6, 6.07) is 19.3. The predicted octanol–water partition coefficient (Wildman–Crippen LogP) is 6.54. The van der Waals surface area contributed by atoms with E-state index in [2.05, 4.69) is 18.2 Å². The molecule has 1 heterocycles. The smallest absolute Gasteiger partial charge is 0.187 e. The standard InChI is InChI=1S/C20H14Cl2OS/c21-15-6-10-18(19(22)13-15)20(23)11-9-16-7-8-17(24-16)12-14-4-2-1-3-5-14/h1-11,13H,12H2/b11-9+. The van der Waals surface area contributed by atoms with Gasteiger partial charge in [0, 0.05) is 26.8 Å². The van der Waals surface area contributed by atoms with E-state index in [4.69, 9.17) is 23.2 Å². The highest BCUT2D eigenvalue weighted by atomic mass is 35.5. The van der Waals surface area contributed by atoms with Crippen LogP contribution in [0.5, 0.6) is 0 Å². The summed E-state index contributed by atoms with van der Waals surface area (Å²) < 4.78 is 0. The maximum Gasteiger partial charge on any atom is 0.187 e. The molecule has 0 aliphatic heterocycles. The Hall–Kier alpha value is -1.87. The molecule has 1 nitrogen and oxygen atoms in total. The van der Waals surface area contributed by atoms with Crippen LogP contribution in [-0.2, 0) is 6.42 Å². The molecule has 0 bridgehead atoms. The maximum atomic E-state index is 12.2. The Bertz CT molecular complexity index is 882. The van der Waals surface area contributed by atoms with Crippen LogP contribution in [0.2, 0.25) is 10.0 Å². The number of allylic oxidation sites excluding steroid dienone is 1. The van der Waals surface area contributed by atoms with Crippen LogP contribution in [0.4, 0.5) is 0 Å². The number of ketones is 1. The van der Waals surface area contributed by atoms with Crippen molar-refractivity contribution in [3.8, 4) is 0 Å². The highest BCUT2D eigenvalue weighted by Gasteiger charge is 2.08. The van der Waals surface area contributed by atoms with E-state index in [0.29, 0.717) is 15.6 Å². The van der Waals surface area contributed by atoms with Crippen molar-refractivity contribution in [2.45, 2.75) is 6.42 Å². The van der Waals surface area contributed by atoms with Crippen molar-refractivity contribution in [1.82, 2.24) is 0 Å². The normalized spacial score (nSPS) is 11.1. The molecule has 4 heteroatoms. The Morgan fingerprint density at radius 3 is 2.54 bits per heavy atom. The van der Waals surface area contributed by atoms with E-state index in [-0.39, 0.29) is 5.78 Å². The van der Waals surface area contributed by atoms with Gasteiger partial charge in [0.15, 0.2) is 5.78 Å². The van der Waals surface area contributed by atoms with Gasteiger partial charge in [-0.05, 0) is 48.0 Å². The second kappa shape index (κ2) is 7.80. The van der Waals surface area contributed by atoms with E-state index in [1.54, 1.807) is 35.6 Å². The first kappa shape index (κ1) is 17.0. The van der Waals surface area contributed by atoms with Gasteiger partial charge in [-0.25, -0.2) is 0 Å². The van der Waals surface area contributed by atoms with Crippen LogP contribution in [-0.4, -0.2) is 5.78 Å². The molecule has 0 saturated carbocycles. The molecule has 0 unspecified atom stereocenters. The first-order valence-corrected chi connectivity index (χ1v) is 8.99. The van der Waals surface area contributed by atoms with Crippen LogP contribution in [0, 0.1) is 0 Å². The van der Waals surface area contributed by atoms with Gasteiger partial charge in [-0.2, -0.15) is 0 Å². The summed E-state index contributed by atoms with van der Waals surface area (Å²) in [5, 5.41) is 0.887. The van der Waals surface area contributed by atoms with Crippen LogP contribution >= 0.6 is 34.5 Å². The summed E-state index contributed by atoms with van der Waals surface area (Å²) in [7, 11) is 0. The second-order valence-corrected chi connectivity index (χ2v) is 7.33. The highest BCUT2D eigenvalue weighted by molar-refractivity contribution is 7.12. The third-order valence-corrected chi connectivity index (χ3v) is 5.10. The Morgan fingerprint density at radius 1 is 1.00 bits per heavy atom. The summed E-state index contributed by atoms with van der Waals surface area (Å²) in [6.45, 7) is 0. The summed E-state index contributed by atoms with van der Waals surface area (Å²) in [5.74, 6) is -0.130. The predicted molar refractivity (Wildman–Crippen MR) is 103 cm³/mol. The molecule has 0 aliphatic rings. The van der Waals surface area contributed by atoms with E-state index < -0.39 is 0 Å². The number of carbonyl (C=O) groups is 1. The molecule has 120 valence electrons. The number of hydrogen-bond donors (Lipinski definition) is 0. The van der Waals surface area contributed by atoms with Gasteiger partial charge in [0.2, 0.25) is 0 Å². The molecule has 0 spiro atoms. The van der Waals surface area contributed by atoms with Crippen molar-refractivity contribution in [1.29, 1.82) is 0 Å². The molecule has 0 atom stereocenters. The van der Waals surface area contributed by atoms with E-state index >= 15 is 0 Å². The molecule has 3 aromatic rings. The monoisotopic (exact) mass is 372 g/mol. The molecular weight excluding hydrogens is 359 g/mol. The van der Waals surface area contributed by atoms with E-state index in [9.17, 15) is 4.79 Å². The molecule has 0 saturated heterocycles. The molecule has 1 aromatic heterocycles. The Kier molecular flexibility index (Phi) is 5.52. The third-order valence-electron chi connectivity index (χ3n) is 3.50. The third kappa shape index (κ3) is 4.35. The van der Waals surface area contributed by atoms with Gasteiger partial charge in [-0.1, -0.05) is 53.5 Å². The fraction of sp³-hybridized carbons (Fsp3) is 0.0500. The van der Waals surface area contributed by atoms with Crippen LogP contribution < -0.4 is 0 Å². The van der Waals surface area contributed by atoms with Crippen LogP contribution in [0.1, 0.15) is 25.7 Å². The largest absolute Gasteiger partial charge is 0.289 e. The zero-order valence-electron chi connectivity index (χ0n) is 12.7. The average Bonchev–Trinajstić information content (AvgIpc) is 3.01. The van der Waals surface area contributed by atoms with Gasteiger partial charge in [0.1, 0.15) is 0 Å². The minimum Gasteiger partial charge on any atom is -0.289 e. The minimum absolute atomic E-state index is 0.130. The van der Waals surface area contributed by atoms with Crippen molar-refractivity contribution < 1.29 is 4.79 Å². The van der Waals surface area contributed by atoms with Gasteiger partial charge in [0.05, 0.1) is 5.02 Å². The van der Waals surface area contributed by atoms with Crippen molar-refractivity contribution in [3.05, 3.63) is 97.7 Å². The number of carbonyl (C=O) groups excluding carboxylic acids is 1. The van der Waals surface area contributed by atoms with Crippen LogP contribution in [0.25, 0.3) is 6.08 Å². The first-order chi connectivity index (χ1) is 11.6. The zero-order chi connectivity index (χ0) is 16.9. The highest BCUT2D eigenvalue weighted by Crippen LogP contribution is 2.24. The summed E-state index contributed by atoms with van der Waals surface area (Å²) in [6.07, 6.45) is 4.27. The lowest BCUT2D eigenvalue weighted by atomic mass is 10.1. The van der Waals surface area contributed by atoms with Crippen molar-refractivity contribution >= 4 is 46.4 Å². The summed E-state index contributed by atoms with van der Waals surface area (Å²) in [4.78, 5) is 14.5. The van der Waals surface area contributed by atoms with E-state index in [1.165, 1.54) is 10.4 Å². The van der Waals surface area contributed by atoms with Crippen LogP contribution in [0.3, 0.4) is 0 Å². The fourth-order valence-electron chi connectivity index (χ4n) is 2.31. The quantitative estimate of drug-likeness (QED) is 0.366. The molecule has 0 radical (unpaired) electrons. The van der Waals surface area contributed by atoms with E-state index in [1.807, 2.05) is 30.3 Å². The van der Waals surface area contributed by atoms with Gasteiger partial charge >= 0.3 is 0 Å². The first-order valence-electron chi connectivity index (χ1n) is 7.42. The fourth-order valence-corrected chi connectivity index (χ4v) is 3.76. The number of thiophene rings is 1. The van der Waals surface area contributed by atoms with Gasteiger partial charge < -0.3 is 0 Å². The van der Waals surface area contributed by atoms with Gasteiger partial charge in [0.25, 0.3) is 0 Å². The Labute approximate surface area is 155 Å². The second-order valence-electron chi connectivity index (χ2n) is 5.29. The molecule has 2 aromatic carbocycles. The lowest BCUT2D eigenvalue weighted by molar-refractivity contribution is 0.104. The lowest BCUT2D eigenvalue weighted by Gasteiger charge is -1.99. The van der Waals surface area contributed by atoms with Gasteiger partial charge in [-0.15, -0.1) is 11.3 Å². The molecular formula is C20H14Cl2OS. The Morgan fingerprint density at radius 2 is 1.79 bits per heavy atom. The molecule has 0 aliphatic carbocycles. The maximum absolute atomic E-state index is 12.2. The van der Waals surface area contributed by atoms with E-state index in [0.717, 1.165) is 11.3 Å². The van der Waals surface area contributed by atoms with Crippen molar-refractivity contribution in [2.75, 3.05) is 0 Å². The topological polar surface area (TPSA) is 17.1 Å². The average molecular weight is 373 g/mol. The number of halogens is 2. The number of hydrogen-bond acceptors (Lipinski definition) is 2.